The largest absolute Gasteiger partial charge is 0.379 e. The van der Waals surface area contributed by atoms with E-state index in [2.05, 4.69) is 9.88 Å². The van der Waals surface area contributed by atoms with Gasteiger partial charge in [-0.25, -0.2) is 17.8 Å². The Balaban J connectivity index is 1.49. The monoisotopic (exact) mass is 576 g/mol. The molecular weight excluding hydrogens is 543 g/mol. The fourth-order valence-corrected chi connectivity index (χ4v) is 6.39. The number of imidazole rings is 1. The molecule has 0 bridgehead atoms. The Hall–Kier alpha value is -3.86. The number of carbonyl (C=O) groups is 1. The number of hydrogen-bond donors (Lipinski definition) is 0. The van der Waals surface area contributed by atoms with Crippen molar-refractivity contribution in [2.45, 2.75) is 24.0 Å². The van der Waals surface area contributed by atoms with Crippen LogP contribution in [0.15, 0.2) is 96.3 Å². The SMILES string of the molecule is O=C(c1ccccc1F)N(CCN1CCOCC1)Cc1cnc(S(=O)(=O)Cc2ccccc2)n1Cc1ccccc1. The van der Waals surface area contributed by atoms with Crippen molar-refractivity contribution >= 4 is 15.7 Å². The van der Waals surface area contributed by atoms with E-state index in [1.165, 1.54) is 18.3 Å². The van der Waals surface area contributed by atoms with E-state index in [0.29, 0.717) is 37.6 Å². The third-order valence-electron chi connectivity index (χ3n) is 7.10. The number of halogens is 1. The van der Waals surface area contributed by atoms with Gasteiger partial charge in [0.05, 0.1) is 49.5 Å². The van der Waals surface area contributed by atoms with Crippen LogP contribution in [-0.2, 0) is 33.4 Å². The lowest BCUT2D eigenvalue weighted by atomic mass is 10.1. The minimum Gasteiger partial charge on any atom is -0.379 e. The van der Waals surface area contributed by atoms with Crippen LogP contribution < -0.4 is 0 Å². The highest BCUT2D eigenvalue weighted by Crippen LogP contribution is 2.22. The van der Waals surface area contributed by atoms with Crippen LogP contribution in [0.1, 0.15) is 27.2 Å². The number of nitrogens with zero attached hydrogens (tertiary/aromatic N) is 4. The predicted molar refractivity (Wildman–Crippen MR) is 154 cm³/mol. The number of sulfone groups is 1. The fraction of sp³-hybridized carbons (Fsp3) is 0.290. The molecule has 4 aromatic rings. The molecule has 8 nitrogen and oxygen atoms in total. The number of carbonyl (C=O) groups excluding carboxylic acids is 1. The van der Waals surface area contributed by atoms with E-state index in [9.17, 15) is 17.6 Å². The van der Waals surface area contributed by atoms with E-state index in [4.69, 9.17) is 4.74 Å². The van der Waals surface area contributed by atoms with Crippen LogP contribution >= 0.6 is 0 Å². The summed E-state index contributed by atoms with van der Waals surface area (Å²) >= 11 is 0. The smallest absolute Gasteiger partial charge is 0.257 e. The first-order valence-corrected chi connectivity index (χ1v) is 15.2. The number of aromatic nitrogens is 2. The summed E-state index contributed by atoms with van der Waals surface area (Å²) in [6.45, 7) is 3.96. The first-order chi connectivity index (χ1) is 19.9. The minimum atomic E-state index is -3.82. The van der Waals surface area contributed by atoms with Gasteiger partial charge in [0.15, 0.2) is 0 Å². The van der Waals surface area contributed by atoms with E-state index in [0.717, 1.165) is 18.7 Å². The van der Waals surface area contributed by atoms with Crippen LogP contribution in [0.4, 0.5) is 4.39 Å². The highest BCUT2D eigenvalue weighted by molar-refractivity contribution is 7.90. The molecule has 5 rings (SSSR count). The van der Waals surface area contributed by atoms with Crippen molar-refractivity contribution in [1.29, 1.82) is 0 Å². The molecular formula is C31H33FN4O4S. The van der Waals surface area contributed by atoms with Gasteiger partial charge in [-0.2, -0.15) is 0 Å². The summed E-state index contributed by atoms with van der Waals surface area (Å²) in [6.07, 6.45) is 1.51. The maximum Gasteiger partial charge on any atom is 0.257 e. The summed E-state index contributed by atoms with van der Waals surface area (Å²) < 4.78 is 49.0. The Morgan fingerprint density at radius 2 is 1.54 bits per heavy atom. The summed E-state index contributed by atoms with van der Waals surface area (Å²) in [4.78, 5) is 21.8. The predicted octanol–water partition coefficient (Wildman–Crippen LogP) is 4.02. The number of hydrogen-bond acceptors (Lipinski definition) is 6. The van der Waals surface area contributed by atoms with Gasteiger partial charge in [0, 0.05) is 26.2 Å². The quantitative estimate of drug-likeness (QED) is 0.268. The zero-order valence-electron chi connectivity index (χ0n) is 22.7. The Labute approximate surface area is 239 Å². The van der Waals surface area contributed by atoms with Crippen LogP contribution in [0.25, 0.3) is 0 Å². The van der Waals surface area contributed by atoms with Crippen molar-refractivity contribution in [2.75, 3.05) is 39.4 Å². The van der Waals surface area contributed by atoms with Crippen molar-refractivity contribution in [2.24, 2.45) is 0 Å². The van der Waals surface area contributed by atoms with E-state index in [-0.39, 0.29) is 29.6 Å². The average Bonchev–Trinajstić information content (AvgIpc) is 3.39. The summed E-state index contributed by atoms with van der Waals surface area (Å²) in [5, 5.41) is -0.0633. The molecule has 1 fully saturated rings. The van der Waals surface area contributed by atoms with Crippen molar-refractivity contribution in [1.82, 2.24) is 19.4 Å². The molecule has 1 aliphatic heterocycles. The molecule has 1 saturated heterocycles. The third kappa shape index (κ3) is 7.27. The summed E-state index contributed by atoms with van der Waals surface area (Å²) in [5.74, 6) is -1.26. The van der Waals surface area contributed by atoms with Gasteiger partial charge in [0.2, 0.25) is 15.0 Å². The zero-order chi connectivity index (χ0) is 28.7. The van der Waals surface area contributed by atoms with Crippen LogP contribution in [0.5, 0.6) is 0 Å². The standard InChI is InChI=1S/C31H33FN4O4S/c32-29-14-8-7-13-28(29)30(37)35(16-15-34-17-19-40-20-18-34)23-27-21-33-31(36(27)22-25-9-3-1-4-10-25)41(38,39)24-26-11-5-2-6-12-26/h1-14,21H,15-20,22-24H2. The molecule has 1 aromatic heterocycles. The molecule has 0 N–H and O–H groups in total. The molecule has 0 saturated carbocycles. The second-order valence-corrected chi connectivity index (χ2v) is 11.9. The van der Waals surface area contributed by atoms with Crippen molar-refractivity contribution in [3.8, 4) is 0 Å². The van der Waals surface area contributed by atoms with Crippen molar-refractivity contribution in [3.63, 3.8) is 0 Å². The van der Waals surface area contributed by atoms with Crippen molar-refractivity contribution in [3.05, 3.63) is 119 Å². The van der Waals surface area contributed by atoms with Crippen LogP contribution in [0.2, 0.25) is 0 Å². The van der Waals surface area contributed by atoms with E-state index in [1.54, 1.807) is 45.9 Å². The molecule has 10 heteroatoms. The third-order valence-corrected chi connectivity index (χ3v) is 8.69. The molecule has 2 heterocycles. The van der Waals surface area contributed by atoms with E-state index >= 15 is 0 Å². The van der Waals surface area contributed by atoms with Crippen LogP contribution in [-0.4, -0.2) is 73.1 Å². The molecule has 0 aliphatic carbocycles. The lowest BCUT2D eigenvalue weighted by Crippen LogP contribution is -2.43. The minimum absolute atomic E-state index is 0.0273. The van der Waals surface area contributed by atoms with Gasteiger partial charge >= 0.3 is 0 Å². The van der Waals surface area contributed by atoms with Gasteiger partial charge in [-0.1, -0.05) is 72.8 Å². The molecule has 1 aliphatic rings. The maximum absolute atomic E-state index is 14.7. The molecule has 3 aromatic carbocycles. The lowest BCUT2D eigenvalue weighted by molar-refractivity contribution is 0.0318. The van der Waals surface area contributed by atoms with Gasteiger partial charge < -0.3 is 14.2 Å². The molecule has 0 spiro atoms. The number of rotatable bonds is 11. The summed E-state index contributed by atoms with van der Waals surface area (Å²) in [7, 11) is -3.82. The van der Waals surface area contributed by atoms with Crippen LogP contribution in [0, 0.1) is 5.82 Å². The zero-order valence-corrected chi connectivity index (χ0v) is 23.5. The molecule has 41 heavy (non-hydrogen) atoms. The summed E-state index contributed by atoms with van der Waals surface area (Å²) in [6, 6.07) is 24.4. The first-order valence-electron chi connectivity index (χ1n) is 13.6. The van der Waals surface area contributed by atoms with Gasteiger partial charge in [-0.15, -0.1) is 0 Å². The molecule has 214 valence electrons. The van der Waals surface area contributed by atoms with Gasteiger partial charge in [0.1, 0.15) is 5.82 Å². The highest BCUT2D eigenvalue weighted by atomic mass is 32.2. The van der Waals surface area contributed by atoms with Crippen molar-refractivity contribution < 1.29 is 22.3 Å². The molecule has 1 amide bonds. The Morgan fingerprint density at radius 3 is 2.22 bits per heavy atom. The molecule has 0 atom stereocenters. The highest BCUT2D eigenvalue weighted by Gasteiger charge is 2.27. The Bertz CT molecular complexity index is 1560. The maximum atomic E-state index is 14.7. The second-order valence-electron chi connectivity index (χ2n) is 10.0. The summed E-state index contributed by atoms with van der Waals surface area (Å²) in [5.41, 5.74) is 2.07. The lowest BCUT2D eigenvalue weighted by Gasteiger charge is -2.30. The van der Waals surface area contributed by atoms with Gasteiger partial charge in [-0.3, -0.25) is 9.69 Å². The topological polar surface area (TPSA) is 84.7 Å². The van der Waals surface area contributed by atoms with Gasteiger partial charge in [0.25, 0.3) is 5.91 Å². The average molecular weight is 577 g/mol. The Kier molecular flexibility index (Phi) is 9.23. The first kappa shape index (κ1) is 28.7. The molecule has 0 radical (unpaired) electrons. The van der Waals surface area contributed by atoms with Crippen LogP contribution in [0.3, 0.4) is 0 Å². The number of benzene rings is 3. The molecule has 0 unspecified atom stereocenters. The van der Waals surface area contributed by atoms with E-state index < -0.39 is 21.6 Å². The Morgan fingerprint density at radius 1 is 0.902 bits per heavy atom. The second kappa shape index (κ2) is 13.2. The number of amides is 1. The normalized spacial score (nSPS) is 14.2. The number of ether oxygens (including phenoxy) is 1. The number of morpholine rings is 1. The fourth-order valence-electron chi connectivity index (χ4n) is 4.90. The van der Waals surface area contributed by atoms with Gasteiger partial charge in [-0.05, 0) is 23.3 Å². The van der Waals surface area contributed by atoms with E-state index in [1.807, 2.05) is 36.4 Å².